The van der Waals surface area contributed by atoms with Gasteiger partial charge < -0.3 is 19.5 Å². The van der Waals surface area contributed by atoms with Gasteiger partial charge in [-0.15, -0.1) is 0 Å². The van der Waals surface area contributed by atoms with Crippen molar-refractivity contribution in [3.05, 3.63) is 59.2 Å². The molecule has 156 valence electrons. The Kier molecular flexibility index (Phi) is 5.90. The Morgan fingerprint density at radius 2 is 1.69 bits per heavy atom. The molecule has 5 heteroatoms. The lowest BCUT2D eigenvalue weighted by molar-refractivity contribution is -0.0365. The van der Waals surface area contributed by atoms with Crippen molar-refractivity contribution in [1.29, 1.82) is 0 Å². The summed E-state index contributed by atoms with van der Waals surface area (Å²) >= 11 is 0. The van der Waals surface area contributed by atoms with Crippen LogP contribution in [0.3, 0.4) is 0 Å². The summed E-state index contributed by atoms with van der Waals surface area (Å²) in [7, 11) is 0. The highest BCUT2D eigenvalue weighted by Gasteiger charge is 2.38. The molecular formula is C24H31NO4. The normalized spacial score (nSPS) is 16.4. The van der Waals surface area contributed by atoms with Crippen LogP contribution < -0.4 is 4.74 Å². The third-order valence-corrected chi connectivity index (χ3v) is 5.18. The van der Waals surface area contributed by atoms with E-state index in [-0.39, 0.29) is 6.09 Å². The summed E-state index contributed by atoms with van der Waals surface area (Å²) < 4.78 is 11.6. The molecule has 1 saturated heterocycles. The fourth-order valence-corrected chi connectivity index (χ4v) is 3.63. The number of hydrogen-bond acceptors (Lipinski definition) is 4. The van der Waals surface area contributed by atoms with Crippen LogP contribution >= 0.6 is 0 Å². The fourth-order valence-electron chi connectivity index (χ4n) is 3.63. The number of carbonyl (C=O) groups is 1. The van der Waals surface area contributed by atoms with Crippen LogP contribution in [0.5, 0.6) is 11.5 Å². The molecule has 5 nitrogen and oxygen atoms in total. The molecule has 0 aromatic heterocycles. The smallest absolute Gasteiger partial charge is 0.410 e. The van der Waals surface area contributed by atoms with Crippen molar-refractivity contribution in [2.75, 3.05) is 13.1 Å². The number of para-hydroxylation sites is 1. The number of carbonyl (C=O) groups excluding carboxylic acids is 1. The quantitative estimate of drug-likeness (QED) is 0.762. The van der Waals surface area contributed by atoms with Crippen LogP contribution in [0.25, 0.3) is 0 Å². The van der Waals surface area contributed by atoms with Gasteiger partial charge in [-0.3, -0.25) is 0 Å². The minimum atomic E-state index is -1.05. The second-order valence-corrected chi connectivity index (χ2v) is 8.87. The van der Waals surface area contributed by atoms with Gasteiger partial charge >= 0.3 is 6.09 Å². The van der Waals surface area contributed by atoms with Crippen LogP contribution in [0.1, 0.15) is 50.3 Å². The monoisotopic (exact) mass is 397 g/mol. The Morgan fingerprint density at radius 3 is 2.31 bits per heavy atom. The zero-order chi connectivity index (χ0) is 21.2. The Morgan fingerprint density at radius 1 is 1.03 bits per heavy atom. The predicted molar refractivity (Wildman–Crippen MR) is 113 cm³/mol. The van der Waals surface area contributed by atoms with Crippen molar-refractivity contribution in [1.82, 2.24) is 4.90 Å². The van der Waals surface area contributed by atoms with Gasteiger partial charge in [0.15, 0.2) is 0 Å². The van der Waals surface area contributed by atoms with Crippen molar-refractivity contribution in [2.24, 2.45) is 0 Å². The van der Waals surface area contributed by atoms with Gasteiger partial charge in [-0.25, -0.2) is 4.79 Å². The predicted octanol–water partition coefficient (Wildman–Crippen LogP) is 5.31. The minimum absolute atomic E-state index is 0.334. The molecule has 0 saturated carbocycles. The molecule has 1 amide bonds. The molecule has 0 bridgehead atoms. The third-order valence-electron chi connectivity index (χ3n) is 5.18. The SMILES string of the molecule is Cc1ccc(Oc2ccccc2C2(O)CCN(C(=O)OC(C)(C)C)CC2)c(C)c1. The van der Waals surface area contributed by atoms with E-state index in [2.05, 4.69) is 6.07 Å². The lowest BCUT2D eigenvalue weighted by atomic mass is 9.84. The second-order valence-electron chi connectivity index (χ2n) is 8.87. The first-order valence-corrected chi connectivity index (χ1v) is 10.1. The molecule has 2 aromatic rings. The highest BCUT2D eigenvalue weighted by Crippen LogP contribution is 2.40. The molecular weight excluding hydrogens is 366 g/mol. The summed E-state index contributed by atoms with van der Waals surface area (Å²) in [6, 6.07) is 13.6. The van der Waals surface area contributed by atoms with E-state index >= 15 is 0 Å². The number of hydrogen-bond donors (Lipinski definition) is 1. The van der Waals surface area contributed by atoms with Crippen LogP contribution in [0.15, 0.2) is 42.5 Å². The van der Waals surface area contributed by atoms with E-state index in [1.54, 1.807) is 4.90 Å². The number of piperidine rings is 1. The highest BCUT2D eigenvalue weighted by molar-refractivity contribution is 5.68. The summed E-state index contributed by atoms with van der Waals surface area (Å²) in [6.45, 7) is 10.5. The number of aryl methyl sites for hydroxylation is 2. The standard InChI is InChI=1S/C24H31NO4/c1-17-10-11-20(18(2)16-17)28-21-9-7-6-8-19(21)24(27)12-14-25(15-13-24)22(26)29-23(3,4)5/h6-11,16,27H,12-15H2,1-5H3. The number of amides is 1. The zero-order valence-corrected chi connectivity index (χ0v) is 18.0. The summed E-state index contributed by atoms with van der Waals surface area (Å²) in [5.74, 6) is 1.42. The van der Waals surface area contributed by atoms with E-state index < -0.39 is 11.2 Å². The Bertz CT molecular complexity index is 877. The topological polar surface area (TPSA) is 59.0 Å². The molecule has 1 fully saturated rings. The van der Waals surface area contributed by atoms with Gasteiger partial charge in [-0.1, -0.05) is 35.9 Å². The zero-order valence-electron chi connectivity index (χ0n) is 18.0. The molecule has 1 aliphatic rings. The number of rotatable bonds is 3. The van der Waals surface area contributed by atoms with Gasteiger partial charge in [0, 0.05) is 18.7 Å². The summed E-state index contributed by atoms with van der Waals surface area (Å²) in [5.41, 5.74) is 1.40. The van der Waals surface area contributed by atoms with Crippen molar-refractivity contribution in [3.63, 3.8) is 0 Å². The number of aliphatic hydroxyl groups is 1. The molecule has 1 aliphatic heterocycles. The van der Waals surface area contributed by atoms with E-state index in [1.165, 1.54) is 5.56 Å². The van der Waals surface area contributed by atoms with Crippen LogP contribution in [-0.2, 0) is 10.3 Å². The van der Waals surface area contributed by atoms with Gasteiger partial charge in [-0.05, 0) is 65.2 Å². The lowest BCUT2D eigenvalue weighted by Crippen LogP contribution is -2.46. The van der Waals surface area contributed by atoms with Crippen LogP contribution in [-0.4, -0.2) is 34.8 Å². The van der Waals surface area contributed by atoms with E-state index in [0.717, 1.165) is 16.9 Å². The maximum Gasteiger partial charge on any atom is 0.410 e. The molecule has 1 N–H and O–H groups in total. The molecule has 1 heterocycles. The largest absolute Gasteiger partial charge is 0.457 e. The Hall–Kier alpha value is -2.53. The van der Waals surface area contributed by atoms with Crippen molar-refractivity contribution in [3.8, 4) is 11.5 Å². The number of nitrogens with zero attached hydrogens (tertiary/aromatic N) is 1. The van der Waals surface area contributed by atoms with E-state index in [0.29, 0.717) is 31.7 Å². The first-order chi connectivity index (χ1) is 13.6. The van der Waals surface area contributed by atoms with Gasteiger partial charge in [0.25, 0.3) is 0 Å². The molecule has 0 spiro atoms. The van der Waals surface area contributed by atoms with Crippen molar-refractivity contribution < 1.29 is 19.4 Å². The third kappa shape index (κ3) is 5.10. The van der Waals surface area contributed by atoms with Gasteiger partial charge in [0.05, 0.1) is 5.60 Å². The summed E-state index contributed by atoms with van der Waals surface area (Å²) in [6.07, 6.45) is 0.526. The molecule has 29 heavy (non-hydrogen) atoms. The number of likely N-dealkylation sites (tertiary alicyclic amines) is 1. The maximum atomic E-state index is 12.3. The first-order valence-electron chi connectivity index (χ1n) is 10.1. The maximum absolute atomic E-state index is 12.3. The summed E-state index contributed by atoms with van der Waals surface area (Å²) in [4.78, 5) is 14.0. The average molecular weight is 398 g/mol. The number of ether oxygens (including phenoxy) is 2. The van der Waals surface area contributed by atoms with E-state index in [1.807, 2.05) is 71.0 Å². The fraction of sp³-hybridized carbons (Fsp3) is 0.458. The van der Waals surface area contributed by atoms with Gasteiger partial charge in [0.2, 0.25) is 0 Å². The van der Waals surface area contributed by atoms with E-state index in [9.17, 15) is 9.90 Å². The molecule has 0 atom stereocenters. The highest BCUT2D eigenvalue weighted by atomic mass is 16.6. The van der Waals surface area contributed by atoms with Crippen LogP contribution in [0, 0.1) is 13.8 Å². The molecule has 0 radical (unpaired) electrons. The molecule has 2 aromatic carbocycles. The van der Waals surface area contributed by atoms with Crippen LogP contribution in [0.4, 0.5) is 4.79 Å². The molecule has 0 unspecified atom stereocenters. The second kappa shape index (κ2) is 8.07. The minimum Gasteiger partial charge on any atom is -0.457 e. The van der Waals surface area contributed by atoms with Crippen molar-refractivity contribution >= 4 is 6.09 Å². The Labute approximate surface area is 173 Å². The van der Waals surface area contributed by atoms with E-state index in [4.69, 9.17) is 9.47 Å². The van der Waals surface area contributed by atoms with Crippen LogP contribution in [0.2, 0.25) is 0 Å². The average Bonchev–Trinajstić information content (AvgIpc) is 2.63. The molecule has 3 rings (SSSR count). The first kappa shape index (κ1) is 21.2. The van der Waals surface area contributed by atoms with Gasteiger partial charge in [0.1, 0.15) is 17.1 Å². The lowest BCUT2D eigenvalue weighted by Gasteiger charge is -2.39. The molecule has 0 aliphatic carbocycles. The summed E-state index contributed by atoms with van der Waals surface area (Å²) in [5, 5.41) is 11.4. The van der Waals surface area contributed by atoms with Crippen molar-refractivity contribution in [2.45, 2.75) is 58.7 Å². The van der Waals surface area contributed by atoms with Gasteiger partial charge in [-0.2, -0.15) is 0 Å². The number of benzene rings is 2. The Balaban J connectivity index is 1.77.